The van der Waals surface area contributed by atoms with Crippen molar-refractivity contribution in [2.24, 2.45) is 5.92 Å². The van der Waals surface area contributed by atoms with Crippen LogP contribution in [0.5, 0.6) is 5.88 Å². The second-order valence-corrected chi connectivity index (χ2v) is 5.85. The second-order valence-electron chi connectivity index (χ2n) is 5.85. The number of benzene rings is 1. The first-order chi connectivity index (χ1) is 10.5. The molecular weight excluding hydrogens is 276 g/mol. The summed E-state index contributed by atoms with van der Waals surface area (Å²) < 4.78 is 5.26. The van der Waals surface area contributed by atoms with E-state index in [0.29, 0.717) is 29.8 Å². The van der Waals surface area contributed by atoms with Crippen LogP contribution in [-0.4, -0.2) is 17.1 Å². The van der Waals surface area contributed by atoms with Gasteiger partial charge < -0.3 is 15.8 Å². The van der Waals surface area contributed by atoms with Crippen LogP contribution in [0.4, 0.5) is 11.5 Å². The molecule has 3 N–H and O–H groups in total. The summed E-state index contributed by atoms with van der Waals surface area (Å²) >= 11 is 0. The Hall–Kier alpha value is -2.30. The number of nitrogens with one attached hydrogen (secondary N) is 1. The zero-order valence-corrected chi connectivity index (χ0v) is 13.7. The summed E-state index contributed by atoms with van der Waals surface area (Å²) in [7, 11) is 1.57. The van der Waals surface area contributed by atoms with Crippen molar-refractivity contribution < 1.29 is 4.74 Å². The van der Waals surface area contributed by atoms with Crippen LogP contribution in [0.15, 0.2) is 24.3 Å². The molecular formula is C17H24N4O. The Labute approximate surface area is 131 Å². The third-order valence-electron chi connectivity index (χ3n) is 3.32. The van der Waals surface area contributed by atoms with Crippen LogP contribution < -0.4 is 15.8 Å². The maximum atomic E-state index is 6.07. The lowest BCUT2D eigenvalue weighted by Crippen LogP contribution is -2.11. The van der Waals surface area contributed by atoms with Crippen LogP contribution in [0.2, 0.25) is 0 Å². The lowest BCUT2D eigenvalue weighted by atomic mass is 10.1. The molecule has 0 aliphatic carbocycles. The van der Waals surface area contributed by atoms with Gasteiger partial charge in [0.05, 0.1) is 7.11 Å². The Morgan fingerprint density at radius 2 is 1.86 bits per heavy atom. The zero-order valence-electron chi connectivity index (χ0n) is 13.7. The quantitative estimate of drug-likeness (QED) is 0.857. The largest absolute Gasteiger partial charge is 0.479 e. The third-order valence-corrected chi connectivity index (χ3v) is 3.32. The molecule has 118 valence electrons. The van der Waals surface area contributed by atoms with Gasteiger partial charge in [-0.2, -0.15) is 4.98 Å². The molecule has 1 aromatic carbocycles. The van der Waals surface area contributed by atoms with Gasteiger partial charge in [0.25, 0.3) is 0 Å². The van der Waals surface area contributed by atoms with Crippen LogP contribution >= 0.6 is 0 Å². The smallest absolute Gasteiger partial charge is 0.242 e. The second kappa shape index (κ2) is 7.11. The van der Waals surface area contributed by atoms with Gasteiger partial charge in [0, 0.05) is 13.0 Å². The summed E-state index contributed by atoms with van der Waals surface area (Å²) in [5.41, 5.74) is 8.93. The summed E-state index contributed by atoms with van der Waals surface area (Å²) in [6.07, 6.45) is 0.788. The lowest BCUT2D eigenvalue weighted by molar-refractivity contribution is 0.396. The molecule has 0 saturated heterocycles. The molecule has 0 unspecified atom stereocenters. The molecule has 0 atom stereocenters. The van der Waals surface area contributed by atoms with Crippen LogP contribution in [0.25, 0.3) is 0 Å². The van der Waals surface area contributed by atoms with E-state index in [1.54, 1.807) is 7.11 Å². The number of methoxy groups -OCH3 is 1. The van der Waals surface area contributed by atoms with Crippen molar-refractivity contribution in [1.82, 2.24) is 9.97 Å². The summed E-state index contributed by atoms with van der Waals surface area (Å²) in [6, 6.07) is 8.36. The van der Waals surface area contributed by atoms with E-state index in [4.69, 9.17) is 10.5 Å². The van der Waals surface area contributed by atoms with Gasteiger partial charge >= 0.3 is 0 Å². The standard InChI is InChI=1S/C17H24N4O/c1-11(2)9-14-20-16(15(18)17(21-14)22-4)19-10-13-7-5-12(3)6-8-13/h5-8,11H,9-10,18H2,1-4H3,(H,19,20,21). The highest BCUT2D eigenvalue weighted by Crippen LogP contribution is 2.26. The van der Waals surface area contributed by atoms with Gasteiger partial charge in [0.15, 0.2) is 5.82 Å². The molecule has 1 heterocycles. The fraction of sp³-hybridized carbons (Fsp3) is 0.412. The molecule has 0 amide bonds. The molecule has 0 radical (unpaired) electrons. The van der Waals surface area contributed by atoms with E-state index in [1.807, 2.05) is 0 Å². The molecule has 5 heteroatoms. The normalized spacial score (nSPS) is 10.8. The lowest BCUT2D eigenvalue weighted by Gasteiger charge is -2.13. The highest BCUT2D eigenvalue weighted by Gasteiger charge is 2.13. The van der Waals surface area contributed by atoms with E-state index in [9.17, 15) is 0 Å². The molecule has 5 nitrogen and oxygen atoms in total. The van der Waals surface area contributed by atoms with E-state index >= 15 is 0 Å². The molecule has 0 aliphatic heterocycles. The fourth-order valence-electron chi connectivity index (χ4n) is 2.13. The van der Waals surface area contributed by atoms with E-state index in [-0.39, 0.29) is 0 Å². The van der Waals surface area contributed by atoms with Gasteiger partial charge in [-0.25, -0.2) is 4.98 Å². The predicted molar refractivity (Wildman–Crippen MR) is 90.0 cm³/mol. The number of ether oxygens (including phenoxy) is 1. The Morgan fingerprint density at radius 1 is 1.18 bits per heavy atom. The van der Waals surface area contributed by atoms with Gasteiger partial charge in [-0.3, -0.25) is 0 Å². The van der Waals surface area contributed by atoms with Crippen LogP contribution in [-0.2, 0) is 13.0 Å². The number of aryl methyl sites for hydroxylation is 1. The monoisotopic (exact) mass is 300 g/mol. The van der Waals surface area contributed by atoms with E-state index in [2.05, 4.69) is 60.3 Å². The number of nitrogen functional groups attached to an aromatic ring is 1. The number of aromatic nitrogens is 2. The zero-order chi connectivity index (χ0) is 16.1. The molecule has 0 saturated carbocycles. The van der Waals surface area contributed by atoms with Crippen molar-refractivity contribution >= 4 is 11.5 Å². The average Bonchev–Trinajstić information content (AvgIpc) is 2.48. The van der Waals surface area contributed by atoms with Crippen molar-refractivity contribution in [3.8, 4) is 5.88 Å². The van der Waals surface area contributed by atoms with Crippen molar-refractivity contribution in [3.63, 3.8) is 0 Å². The highest BCUT2D eigenvalue weighted by atomic mass is 16.5. The van der Waals surface area contributed by atoms with E-state index in [0.717, 1.165) is 12.2 Å². The Kier molecular flexibility index (Phi) is 5.20. The predicted octanol–water partition coefficient (Wildman–Crippen LogP) is 3.19. The van der Waals surface area contributed by atoms with Crippen molar-refractivity contribution in [2.45, 2.75) is 33.7 Å². The van der Waals surface area contributed by atoms with Crippen LogP contribution in [0.1, 0.15) is 30.8 Å². The minimum atomic E-state index is 0.428. The third kappa shape index (κ3) is 4.10. The van der Waals surface area contributed by atoms with Crippen molar-refractivity contribution in [1.29, 1.82) is 0 Å². The summed E-state index contributed by atoms with van der Waals surface area (Å²) in [4.78, 5) is 8.89. The highest BCUT2D eigenvalue weighted by molar-refractivity contribution is 5.67. The van der Waals surface area contributed by atoms with Gasteiger partial charge in [0.1, 0.15) is 11.5 Å². The molecule has 2 rings (SSSR count). The van der Waals surface area contributed by atoms with E-state index < -0.39 is 0 Å². The van der Waals surface area contributed by atoms with Crippen LogP contribution in [0.3, 0.4) is 0 Å². The summed E-state index contributed by atoms with van der Waals surface area (Å²) in [5, 5.41) is 3.28. The fourth-order valence-corrected chi connectivity index (χ4v) is 2.13. The minimum absolute atomic E-state index is 0.428. The first-order valence-electron chi connectivity index (χ1n) is 7.49. The molecule has 0 fully saturated rings. The maximum Gasteiger partial charge on any atom is 0.242 e. The number of nitrogens with two attached hydrogens (primary N) is 1. The number of rotatable bonds is 6. The molecule has 0 bridgehead atoms. The summed E-state index contributed by atoms with van der Waals surface area (Å²) in [5.74, 6) is 2.27. The van der Waals surface area contributed by atoms with E-state index in [1.165, 1.54) is 11.1 Å². The molecule has 22 heavy (non-hydrogen) atoms. The minimum Gasteiger partial charge on any atom is -0.479 e. The number of hydrogen-bond acceptors (Lipinski definition) is 5. The molecule has 0 spiro atoms. The number of hydrogen-bond donors (Lipinski definition) is 2. The average molecular weight is 300 g/mol. The van der Waals surface area contributed by atoms with Crippen molar-refractivity contribution in [2.75, 3.05) is 18.2 Å². The number of anilines is 2. The van der Waals surface area contributed by atoms with Gasteiger partial charge in [-0.1, -0.05) is 43.7 Å². The topological polar surface area (TPSA) is 73.1 Å². The Morgan fingerprint density at radius 3 is 2.45 bits per heavy atom. The number of nitrogens with zero attached hydrogens (tertiary/aromatic N) is 2. The van der Waals surface area contributed by atoms with Crippen LogP contribution in [0, 0.1) is 12.8 Å². The summed E-state index contributed by atoms with van der Waals surface area (Å²) in [6.45, 7) is 6.99. The first kappa shape index (κ1) is 16.1. The Bertz CT molecular complexity index is 623. The Balaban J connectivity index is 2.19. The maximum absolute atomic E-state index is 6.07. The van der Waals surface area contributed by atoms with Gasteiger partial charge in [-0.05, 0) is 18.4 Å². The SMILES string of the molecule is COc1nc(CC(C)C)nc(NCc2ccc(C)cc2)c1N. The molecule has 1 aromatic heterocycles. The van der Waals surface area contributed by atoms with Gasteiger partial charge in [0.2, 0.25) is 5.88 Å². The van der Waals surface area contributed by atoms with Crippen molar-refractivity contribution in [3.05, 3.63) is 41.2 Å². The molecule has 0 aliphatic rings. The van der Waals surface area contributed by atoms with Gasteiger partial charge in [-0.15, -0.1) is 0 Å². The first-order valence-corrected chi connectivity index (χ1v) is 7.49. The molecule has 2 aromatic rings.